The van der Waals surface area contributed by atoms with Crippen molar-refractivity contribution < 1.29 is 9.21 Å². The van der Waals surface area contributed by atoms with E-state index >= 15 is 0 Å². The number of carbonyl (C=O) groups is 1. The SMILES string of the molecule is CCCCNC(=O)Cc1coc2cc(C)c(C)cc12. The van der Waals surface area contributed by atoms with E-state index in [4.69, 9.17) is 4.42 Å². The van der Waals surface area contributed by atoms with Crippen molar-refractivity contribution in [2.24, 2.45) is 0 Å². The first-order chi connectivity index (χ1) is 9.11. The summed E-state index contributed by atoms with van der Waals surface area (Å²) < 4.78 is 5.53. The van der Waals surface area contributed by atoms with Crippen LogP contribution in [-0.4, -0.2) is 12.5 Å². The Morgan fingerprint density at radius 3 is 2.74 bits per heavy atom. The minimum atomic E-state index is 0.0642. The Hall–Kier alpha value is -1.77. The third-order valence-corrected chi connectivity index (χ3v) is 3.47. The highest BCUT2D eigenvalue weighted by atomic mass is 16.3. The molecule has 0 unspecified atom stereocenters. The van der Waals surface area contributed by atoms with Crippen molar-refractivity contribution in [1.29, 1.82) is 0 Å². The van der Waals surface area contributed by atoms with Crippen LogP contribution in [-0.2, 0) is 11.2 Å². The molecule has 0 saturated carbocycles. The molecule has 0 spiro atoms. The van der Waals surface area contributed by atoms with Gasteiger partial charge in [0.05, 0.1) is 12.7 Å². The van der Waals surface area contributed by atoms with Gasteiger partial charge in [0.1, 0.15) is 5.58 Å². The normalized spacial score (nSPS) is 10.9. The third-order valence-electron chi connectivity index (χ3n) is 3.47. The van der Waals surface area contributed by atoms with Crippen molar-refractivity contribution in [3.05, 3.63) is 35.1 Å². The minimum Gasteiger partial charge on any atom is -0.464 e. The van der Waals surface area contributed by atoms with E-state index in [9.17, 15) is 4.79 Å². The Bertz CT molecular complexity index is 584. The van der Waals surface area contributed by atoms with Crippen molar-refractivity contribution in [2.75, 3.05) is 6.54 Å². The molecule has 1 aromatic heterocycles. The van der Waals surface area contributed by atoms with Crippen LogP contribution in [0.3, 0.4) is 0 Å². The first-order valence-electron chi connectivity index (χ1n) is 6.86. The molecule has 0 aliphatic heterocycles. The van der Waals surface area contributed by atoms with Crippen molar-refractivity contribution in [1.82, 2.24) is 5.32 Å². The summed E-state index contributed by atoms with van der Waals surface area (Å²) in [7, 11) is 0. The molecule has 0 aliphatic rings. The molecule has 3 heteroatoms. The number of fused-ring (bicyclic) bond motifs is 1. The Labute approximate surface area is 114 Å². The van der Waals surface area contributed by atoms with Crippen LogP contribution >= 0.6 is 0 Å². The van der Waals surface area contributed by atoms with Gasteiger partial charge in [-0.3, -0.25) is 4.79 Å². The highest BCUT2D eigenvalue weighted by molar-refractivity contribution is 5.88. The molecule has 1 N–H and O–H groups in total. The molecule has 0 aliphatic carbocycles. The van der Waals surface area contributed by atoms with Crippen LogP contribution < -0.4 is 5.32 Å². The summed E-state index contributed by atoms with van der Waals surface area (Å²) in [5.74, 6) is 0.0642. The van der Waals surface area contributed by atoms with Gasteiger partial charge in [-0.15, -0.1) is 0 Å². The summed E-state index contributed by atoms with van der Waals surface area (Å²) >= 11 is 0. The maximum absolute atomic E-state index is 11.8. The van der Waals surface area contributed by atoms with Crippen LogP contribution in [0.4, 0.5) is 0 Å². The predicted octanol–water partition coefficient (Wildman–Crippen LogP) is 3.51. The lowest BCUT2D eigenvalue weighted by atomic mass is 10.0. The van der Waals surface area contributed by atoms with Crippen LogP contribution in [0, 0.1) is 13.8 Å². The number of carbonyl (C=O) groups excluding carboxylic acids is 1. The van der Waals surface area contributed by atoms with Crippen molar-refractivity contribution >= 4 is 16.9 Å². The monoisotopic (exact) mass is 259 g/mol. The van der Waals surface area contributed by atoms with E-state index in [0.29, 0.717) is 6.42 Å². The van der Waals surface area contributed by atoms with Gasteiger partial charge in [-0.25, -0.2) is 0 Å². The van der Waals surface area contributed by atoms with E-state index in [2.05, 4.69) is 32.2 Å². The Morgan fingerprint density at radius 2 is 2.00 bits per heavy atom. The average molecular weight is 259 g/mol. The summed E-state index contributed by atoms with van der Waals surface area (Å²) in [5, 5.41) is 3.98. The zero-order valence-corrected chi connectivity index (χ0v) is 11.9. The van der Waals surface area contributed by atoms with Gasteiger partial charge in [0.25, 0.3) is 0 Å². The minimum absolute atomic E-state index is 0.0642. The maximum atomic E-state index is 11.8. The van der Waals surface area contributed by atoms with E-state index in [1.165, 1.54) is 11.1 Å². The third kappa shape index (κ3) is 3.16. The van der Waals surface area contributed by atoms with Gasteiger partial charge in [-0.2, -0.15) is 0 Å². The number of furan rings is 1. The highest BCUT2D eigenvalue weighted by Gasteiger charge is 2.11. The van der Waals surface area contributed by atoms with Gasteiger partial charge < -0.3 is 9.73 Å². The number of hydrogen-bond donors (Lipinski definition) is 1. The molecule has 0 atom stereocenters. The topological polar surface area (TPSA) is 42.2 Å². The zero-order valence-electron chi connectivity index (χ0n) is 11.9. The molecular formula is C16H21NO2. The van der Waals surface area contributed by atoms with Gasteiger partial charge in [0.15, 0.2) is 0 Å². The predicted molar refractivity (Wildman–Crippen MR) is 77.3 cm³/mol. The Balaban J connectivity index is 2.13. The van der Waals surface area contributed by atoms with Crippen LogP contribution in [0.25, 0.3) is 11.0 Å². The maximum Gasteiger partial charge on any atom is 0.224 e. The molecule has 2 rings (SSSR count). The van der Waals surface area contributed by atoms with Crippen LogP contribution in [0.1, 0.15) is 36.5 Å². The highest BCUT2D eigenvalue weighted by Crippen LogP contribution is 2.25. The second-order valence-electron chi connectivity index (χ2n) is 5.07. The van der Waals surface area contributed by atoms with Gasteiger partial charge >= 0.3 is 0 Å². The second-order valence-corrected chi connectivity index (χ2v) is 5.07. The molecule has 1 heterocycles. The fourth-order valence-electron chi connectivity index (χ4n) is 2.11. The molecule has 0 radical (unpaired) electrons. The number of unbranched alkanes of at least 4 members (excludes halogenated alkanes) is 1. The number of amides is 1. The molecule has 0 saturated heterocycles. The van der Waals surface area contributed by atoms with E-state index in [1.54, 1.807) is 6.26 Å². The smallest absolute Gasteiger partial charge is 0.224 e. The van der Waals surface area contributed by atoms with E-state index < -0.39 is 0 Å². The van der Waals surface area contributed by atoms with E-state index in [0.717, 1.165) is 35.9 Å². The van der Waals surface area contributed by atoms with Crippen LogP contribution in [0.2, 0.25) is 0 Å². The number of rotatable bonds is 5. The fourth-order valence-corrected chi connectivity index (χ4v) is 2.11. The van der Waals surface area contributed by atoms with E-state index in [1.807, 2.05) is 6.07 Å². The second kappa shape index (κ2) is 5.91. The average Bonchev–Trinajstić information content (AvgIpc) is 2.73. The van der Waals surface area contributed by atoms with Crippen molar-refractivity contribution in [2.45, 2.75) is 40.0 Å². The van der Waals surface area contributed by atoms with Gasteiger partial charge in [-0.1, -0.05) is 13.3 Å². The largest absolute Gasteiger partial charge is 0.464 e. The summed E-state index contributed by atoms with van der Waals surface area (Å²) in [6.45, 7) is 7.01. The lowest BCUT2D eigenvalue weighted by Crippen LogP contribution is -2.25. The Morgan fingerprint density at radius 1 is 1.26 bits per heavy atom. The number of hydrogen-bond acceptors (Lipinski definition) is 2. The van der Waals surface area contributed by atoms with Crippen molar-refractivity contribution in [3.63, 3.8) is 0 Å². The first-order valence-corrected chi connectivity index (χ1v) is 6.86. The first kappa shape index (κ1) is 13.7. The molecular weight excluding hydrogens is 238 g/mol. The molecule has 19 heavy (non-hydrogen) atoms. The molecule has 0 fully saturated rings. The van der Waals surface area contributed by atoms with Crippen molar-refractivity contribution in [3.8, 4) is 0 Å². The van der Waals surface area contributed by atoms with Crippen LogP contribution in [0.15, 0.2) is 22.8 Å². The standard InChI is InChI=1S/C16H21NO2/c1-4-5-6-17-16(18)9-13-10-19-15-8-12(3)11(2)7-14(13)15/h7-8,10H,4-6,9H2,1-3H3,(H,17,18). The zero-order chi connectivity index (χ0) is 13.8. The number of aryl methyl sites for hydroxylation is 2. The van der Waals surface area contributed by atoms with Crippen LogP contribution in [0.5, 0.6) is 0 Å². The lowest BCUT2D eigenvalue weighted by Gasteiger charge is -2.04. The molecule has 102 valence electrons. The van der Waals surface area contributed by atoms with E-state index in [-0.39, 0.29) is 5.91 Å². The summed E-state index contributed by atoms with van der Waals surface area (Å²) in [6.07, 6.45) is 4.20. The summed E-state index contributed by atoms with van der Waals surface area (Å²) in [4.78, 5) is 11.8. The quantitative estimate of drug-likeness (QED) is 0.835. The van der Waals surface area contributed by atoms with Gasteiger partial charge in [0, 0.05) is 17.5 Å². The molecule has 1 aromatic carbocycles. The Kier molecular flexibility index (Phi) is 4.25. The molecule has 2 aromatic rings. The summed E-state index contributed by atoms with van der Waals surface area (Å²) in [5.41, 5.74) is 4.26. The molecule has 3 nitrogen and oxygen atoms in total. The number of benzene rings is 1. The summed E-state index contributed by atoms with van der Waals surface area (Å²) in [6, 6.07) is 4.13. The molecule has 0 bridgehead atoms. The van der Waals surface area contributed by atoms with Gasteiger partial charge in [-0.05, 0) is 43.5 Å². The molecule has 1 amide bonds. The fraction of sp³-hybridized carbons (Fsp3) is 0.438. The number of nitrogens with one attached hydrogen (secondary N) is 1. The lowest BCUT2D eigenvalue weighted by molar-refractivity contribution is -0.120. The van der Waals surface area contributed by atoms with Gasteiger partial charge in [0.2, 0.25) is 5.91 Å².